The van der Waals surface area contributed by atoms with E-state index in [1.54, 1.807) is 14.0 Å². The van der Waals surface area contributed by atoms with Gasteiger partial charge in [0.15, 0.2) is 11.6 Å². The van der Waals surface area contributed by atoms with Crippen molar-refractivity contribution in [2.45, 2.75) is 65.3 Å². The first kappa shape index (κ1) is 19.1. The Bertz CT molecular complexity index is 703. The number of carbonyl (C=O) groups excluding carboxylic acids is 3. The molecule has 3 saturated carbocycles. The Kier molecular flexibility index (Phi) is 4.14. The number of ether oxygens (including phenoxy) is 2. The molecule has 1 saturated heterocycles. The van der Waals surface area contributed by atoms with Crippen LogP contribution in [-0.2, 0) is 23.9 Å². The predicted molar refractivity (Wildman–Crippen MR) is 95.6 cm³/mol. The summed E-state index contributed by atoms with van der Waals surface area (Å²) in [6, 6.07) is 0. The van der Waals surface area contributed by atoms with Crippen molar-refractivity contribution in [3.8, 4) is 0 Å². The van der Waals surface area contributed by atoms with Gasteiger partial charge in [-0.3, -0.25) is 14.4 Å². The molecule has 4 rings (SSSR count). The van der Waals surface area contributed by atoms with E-state index in [2.05, 4.69) is 6.92 Å². The molecule has 27 heavy (non-hydrogen) atoms. The van der Waals surface area contributed by atoms with E-state index in [-0.39, 0.29) is 47.8 Å². The van der Waals surface area contributed by atoms with E-state index in [4.69, 9.17) is 9.47 Å². The topological polar surface area (TPSA) is 89.9 Å². The van der Waals surface area contributed by atoms with Gasteiger partial charge in [-0.25, -0.2) is 0 Å². The molecule has 0 radical (unpaired) electrons. The van der Waals surface area contributed by atoms with Crippen molar-refractivity contribution >= 4 is 17.5 Å². The smallest absolute Gasteiger partial charge is 0.306 e. The van der Waals surface area contributed by atoms with Crippen LogP contribution in [-0.4, -0.2) is 48.1 Å². The molecular weight excluding hydrogens is 348 g/mol. The highest BCUT2D eigenvalue weighted by Crippen LogP contribution is 2.67. The van der Waals surface area contributed by atoms with Crippen LogP contribution in [0.25, 0.3) is 0 Å². The third-order valence-corrected chi connectivity index (χ3v) is 8.75. The summed E-state index contributed by atoms with van der Waals surface area (Å²) in [6.45, 7) is 7.81. The number of Topliss-reactive ketones (excluding diaryl/α,β-unsaturated/α-hetero) is 2. The van der Waals surface area contributed by atoms with Gasteiger partial charge in [0, 0.05) is 36.2 Å². The van der Waals surface area contributed by atoms with Crippen molar-refractivity contribution < 1.29 is 29.0 Å². The third-order valence-electron chi connectivity index (χ3n) is 8.75. The summed E-state index contributed by atoms with van der Waals surface area (Å²) in [4.78, 5) is 38.8. The van der Waals surface area contributed by atoms with Crippen LogP contribution in [0.2, 0.25) is 0 Å². The molecule has 4 aliphatic rings. The highest BCUT2D eigenvalue weighted by atomic mass is 16.5. The van der Waals surface area contributed by atoms with Crippen LogP contribution in [0.5, 0.6) is 0 Å². The largest absolute Gasteiger partial charge is 0.462 e. The first-order valence-corrected chi connectivity index (χ1v) is 10.1. The zero-order chi connectivity index (χ0) is 19.9. The van der Waals surface area contributed by atoms with Gasteiger partial charge in [0.2, 0.25) is 0 Å². The molecule has 6 nitrogen and oxygen atoms in total. The molecular formula is C21H30O6. The van der Waals surface area contributed by atoms with Crippen LogP contribution in [0, 0.1) is 40.4 Å². The molecule has 1 aliphatic heterocycles. The van der Waals surface area contributed by atoms with Gasteiger partial charge in [-0.2, -0.15) is 0 Å². The average Bonchev–Trinajstić information content (AvgIpc) is 2.61. The van der Waals surface area contributed by atoms with E-state index in [0.29, 0.717) is 12.8 Å². The summed E-state index contributed by atoms with van der Waals surface area (Å²) >= 11 is 0. The molecule has 0 amide bonds. The standard InChI is InChI=1S/C21H30O6/c1-9-6-13(26-5)19(25)21(4)11(9)7-14-20(3)12(8-15(22)27-14)10(2)16(23)17(24)18(20)21/h9-14,17-18,24H,6-8H2,1-5H3. The third kappa shape index (κ3) is 2.17. The molecule has 1 N–H and O–H groups in total. The Morgan fingerprint density at radius 1 is 1.11 bits per heavy atom. The second kappa shape index (κ2) is 5.86. The number of ketones is 2. The van der Waals surface area contributed by atoms with E-state index in [1.807, 2.05) is 13.8 Å². The van der Waals surface area contributed by atoms with E-state index in [0.717, 1.165) is 0 Å². The summed E-state index contributed by atoms with van der Waals surface area (Å²) in [5.74, 6) is -1.63. The van der Waals surface area contributed by atoms with Crippen molar-refractivity contribution in [3.05, 3.63) is 0 Å². The van der Waals surface area contributed by atoms with Gasteiger partial charge in [0.1, 0.15) is 18.3 Å². The Morgan fingerprint density at radius 3 is 2.41 bits per heavy atom. The van der Waals surface area contributed by atoms with Crippen LogP contribution in [0.15, 0.2) is 0 Å². The molecule has 0 aromatic heterocycles. The Morgan fingerprint density at radius 2 is 1.78 bits per heavy atom. The first-order valence-electron chi connectivity index (χ1n) is 10.1. The Labute approximate surface area is 160 Å². The lowest BCUT2D eigenvalue weighted by molar-refractivity contribution is -0.256. The van der Waals surface area contributed by atoms with Gasteiger partial charge in [-0.15, -0.1) is 0 Å². The normalized spacial score (nSPS) is 54.8. The van der Waals surface area contributed by atoms with Gasteiger partial charge < -0.3 is 14.6 Å². The number of aliphatic hydroxyl groups excluding tert-OH is 1. The van der Waals surface area contributed by atoms with Crippen LogP contribution in [0.4, 0.5) is 0 Å². The van der Waals surface area contributed by atoms with E-state index in [9.17, 15) is 19.5 Å². The molecule has 150 valence electrons. The van der Waals surface area contributed by atoms with Crippen LogP contribution < -0.4 is 0 Å². The minimum Gasteiger partial charge on any atom is -0.462 e. The van der Waals surface area contributed by atoms with Crippen molar-refractivity contribution in [1.29, 1.82) is 0 Å². The molecule has 3 aliphatic carbocycles. The van der Waals surface area contributed by atoms with Gasteiger partial charge in [-0.1, -0.05) is 27.7 Å². The molecule has 1 heterocycles. The highest BCUT2D eigenvalue weighted by molar-refractivity contribution is 5.94. The molecule has 0 aromatic rings. The average molecular weight is 378 g/mol. The van der Waals surface area contributed by atoms with E-state index >= 15 is 0 Å². The minimum absolute atomic E-state index is 0.0187. The molecule has 10 atom stereocenters. The Hall–Kier alpha value is -1.27. The number of esters is 1. The lowest BCUT2D eigenvalue weighted by atomic mass is 9.37. The number of aliphatic hydroxyl groups is 1. The van der Waals surface area contributed by atoms with Gasteiger partial charge >= 0.3 is 5.97 Å². The van der Waals surface area contributed by atoms with Crippen molar-refractivity contribution in [2.24, 2.45) is 40.4 Å². The van der Waals surface area contributed by atoms with Crippen LogP contribution >= 0.6 is 0 Å². The van der Waals surface area contributed by atoms with Gasteiger partial charge in [0.25, 0.3) is 0 Å². The number of rotatable bonds is 1. The summed E-state index contributed by atoms with van der Waals surface area (Å²) in [6.07, 6.45) is -0.729. The maximum Gasteiger partial charge on any atom is 0.306 e. The lowest BCUT2D eigenvalue weighted by Gasteiger charge is -2.67. The van der Waals surface area contributed by atoms with Gasteiger partial charge in [-0.05, 0) is 30.6 Å². The van der Waals surface area contributed by atoms with Gasteiger partial charge in [0.05, 0.1) is 0 Å². The maximum atomic E-state index is 13.5. The fourth-order valence-corrected chi connectivity index (χ4v) is 7.39. The van der Waals surface area contributed by atoms with Crippen molar-refractivity contribution in [2.75, 3.05) is 7.11 Å². The summed E-state index contributed by atoms with van der Waals surface area (Å²) in [5.41, 5.74) is -1.47. The maximum absolute atomic E-state index is 13.5. The number of hydrogen-bond acceptors (Lipinski definition) is 6. The fourth-order valence-electron chi connectivity index (χ4n) is 7.39. The van der Waals surface area contributed by atoms with E-state index < -0.39 is 34.9 Å². The monoisotopic (exact) mass is 378 g/mol. The number of carbonyl (C=O) groups is 3. The molecule has 4 fully saturated rings. The summed E-state index contributed by atoms with van der Waals surface area (Å²) in [7, 11) is 1.54. The second-order valence-corrected chi connectivity index (χ2v) is 9.70. The van der Waals surface area contributed by atoms with E-state index in [1.165, 1.54) is 0 Å². The van der Waals surface area contributed by atoms with Crippen LogP contribution in [0.3, 0.4) is 0 Å². The second-order valence-electron chi connectivity index (χ2n) is 9.70. The molecule has 6 heteroatoms. The van der Waals surface area contributed by atoms with Crippen molar-refractivity contribution in [3.63, 3.8) is 0 Å². The predicted octanol–water partition coefficient (Wildman–Crippen LogP) is 1.77. The quantitative estimate of drug-likeness (QED) is 0.700. The lowest BCUT2D eigenvalue weighted by Crippen LogP contribution is -2.74. The molecule has 10 unspecified atom stereocenters. The SMILES string of the molecule is COC1CC(C)C2CC3OC(=O)CC4C(C)C(=O)C(O)C(C2(C)C1=O)C34C. The summed E-state index contributed by atoms with van der Waals surface area (Å²) < 4.78 is 11.3. The van der Waals surface area contributed by atoms with Crippen molar-refractivity contribution in [1.82, 2.24) is 0 Å². The number of hydrogen-bond donors (Lipinski definition) is 1. The summed E-state index contributed by atoms with van der Waals surface area (Å²) in [5, 5.41) is 11.1. The number of methoxy groups -OCH3 is 1. The Balaban J connectivity index is 1.91. The zero-order valence-corrected chi connectivity index (χ0v) is 16.7. The first-order chi connectivity index (χ1) is 12.6. The van der Waals surface area contributed by atoms with Crippen LogP contribution in [0.1, 0.15) is 47.0 Å². The zero-order valence-electron chi connectivity index (χ0n) is 16.7. The highest BCUT2D eigenvalue weighted by Gasteiger charge is 2.73. The number of fused-ring (bicyclic) bond motifs is 2. The molecule has 0 bridgehead atoms. The molecule has 0 aromatic carbocycles. The minimum atomic E-state index is -1.22. The fraction of sp³-hybridized carbons (Fsp3) is 0.857. The molecule has 0 spiro atoms.